The van der Waals surface area contributed by atoms with Crippen LogP contribution in [-0.4, -0.2) is 15.0 Å². The van der Waals surface area contributed by atoms with Crippen LogP contribution in [0.4, 0.5) is 5.82 Å². The minimum atomic E-state index is 0.309. The third-order valence-corrected chi connectivity index (χ3v) is 1.62. The van der Waals surface area contributed by atoms with Gasteiger partial charge in [0, 0.05) is 10.3 Å². The SMILES string of the molecule is [C-]#[N+]c1cn(-c2ccccc2)nn1. The largest absolute Gasteiger partial charge is 0.358 e. The number of aromatic nitrogens is 3. The predicted octanol–water partition coefficient (Wildman–Crippen LogP) is 1.82. The summed E-state index contributed by atoms with van der Waals surface area (Å²) >= 11 is 0. The van der Waals surface area contributed by atoms with Gasteiger partial charge in [-0.25, -0.2) is 4.68 Å². The van der Waals surface area contributed by atoms with E-state index >= 15 is 0 Å². The van der Waals surface area contributed by atoms with Gasteiger partial charge in [-0.15, -0.1) is 0 Å². The average Bonchev–Trinajstić information content (AvgIpc) is 2.67. The Balaban J connectivity index is 2.43. The standard InChI is InChI=1S/C9H6N4/c1-10-9-7-13(12-11-9)8-5-3-2-4-6-8/h2-7H. The van der Waals surface area contributed by atoms with Crippen LogP contribution in [-0.2, 0) is 0 Å². The molecule has 0 aliphatic heterocycles. The van der Waals surface area contributed by atoms with E-state index in [0.717, 1.165) is 5.69 Å². The first kappa shape index (κ1) is 7.50. The van der Waals surface area contributed by atoms with Crippen LogP contribution < -0.4 is 0 Å². The zero-order valence-electron chi connectivity index (χ0n) is 6.75. The molecule has 0 spiro atoms. The van der Waals surface area contributed by atoms with Gasteiger partial charge in [-0.3, -0.25) is 0 Å². The molecule has 0 saturated heterocycles. The number of rotatable bonds is 1. The van der Waals surface area contributed by atoms with Crippen LogP contribution in [0.3, 0.4) is 0 Å². The minimum absolute atomic E-state index is 0.309. The molecule has 1 aromatic carbocycles. The van der Waals surface area contributed by atoms with Crippen molar-refractivity contribution in [3.8, 4) is 5.69 Å². The van der Waals surface area contributed by atoms with E-state index in [0.29, 0.717) is 5.82 Å². The number of hydrogen-bond acceptors (Lipinski definition) is 2. The van der Waals surface area contributed by atoms with Crippen molar-refractivity contribution in [1.82, 2.24) is 15.0 Å². The van der Waals surface area contributed by atoms with Gasteiger partial charge in [0.15, 0.2) is 0 Å². The summed E-state index contributed by atoms with van der Waals surface area (Å²) in [7, 11) is 0. The molecule has 0 bridgehead atoms. The second-order valence-corrected chi connectivity index (χ2v) is 2.47. The Bertz CT molecular complexity index is 438. The molecule has 0 amide bonds. The summed E-state index contributed by atoms with van der Waals surface area (Å²) < 4.78 is 1.58. The Labute approximate surface area is 75.3 Å². The molecule has 0 atom stereocenters. The van der Waals surface area contributed by atoms with Gasteiger partial charge in [0.25, 0.3) is 0 Å². The fraction of sp³-hybridized carbons (Fsp3) is 0. The van der Waals surface area contributed by atoms with Gasteiger partial charge in [-0.05, 0) is 12.1 Å². The molecule has 62 valence electrons. The van der Waals surface area contributed by atoms with Gasteiger partial charge in [0.2, 0.25) is 0 Å². The highest BCUT2D eigenvalue weighted by molar-refractivity contribution is 5.36. The van der Waals surface area contributed by atoms with Gasteiger partial charge in [0.1, 0.15) is 0 Å². The first-order valence-corrected chi connectivity index (χ1v) is 3.75. The molecule has 0 unspecified atom stereocenters. The summed E-state index contributed by atoms with van der Waals surface area (Å²) in [6.45, 7) is 6.73. The Morgan fingerprint density at radius 2 is 2.00 bits per heavy atom. The molecule has 1 heterocycles. The fourth-order valence-corrected chi connectivity index (χ4v) is 1.01. The Kier molecular flexibility index (Phi) is 1.77. The Morgan fingerprint density at radius 1 is 1.23 bits per heavy atom. The number of hydrogen-bond donors (Lipinski definition) is 0. The lowest BCUT2D eigenvalue weighted by Crippen LogP contribution is -1.93. The molecule has 2 aromatic rings. The van der Waals surface area contributed by atoms with Crippen LogP contribution in [0.15, 0.2) is 36.5 Å². The maximum atomic E-state index is 6.73. The molecule has 0 aliphatic rings. The summed E-state index contributed by atoms with van der Waals surface area (Å²) in [5.74, 6) is 0.309. The summed E-state index contributed by atoms with van der Waals surface area (Å²) in [4.78, 5) is 3.17. The molecule has 0 fully saturated rings. The summed E-state index contributed by atoms with van der Waals surface area (Å²) in [6, 6.07) is 9.56. The van der Waals surface area contributed by atoms with E-state index in [4.69, 9.17) is 6.57 Å². The van der Waals surface area contributed by atoms with Gasteiger partial charge in [-0.2, -0.15) is 0 Å². The van der Waals surface area contributed by atoms with Crippen LogP contribution in [0, 0.1) is 6.57 Å². The number of para-hydroxylation sites is 1. The van der Waals surface area contributed by atoms with Crippen LogP contribution in [0.1, 0.15) is 0 Å². The molecule has 0 aliphatic carbocycles. The van der Waals surface area contributed by atoms with Gasteiger partial charge in [0.05, 0.1) is 11.9 Å². The smallest absolute Gasteiger partial charge is 0.316 e. The fourth-order valence-electron chi connectivity index (χ4n) is 1.01. The molecular formula is C9H6N4. The third-order valence-electron chi connectivity index (χ3n) is 1.62. The average molecular weight is 170 g/mol. The van der Waals surface area contributed by atoms with Crippen LogP contribution in [0.25, 0.3) is 10.5 Å². The van der Waals surface area contributed by atoms with Crippen molar-refractivity contribution in [3.05, 3.63) is 47.9 Å². The molecular weight excluding hydrogens is 164 g/mol. The van der Waals surface area contributed by atoms with Crippen molar-refractivity contribution < 1.29 is 0 Å². The van der Waals surface area contributed by atoms with Crippen molar-refractivity contribution in [1.29, 1.82) is 0 Å². The normalized spacial score (nSPS) is 9.46. The van der Waals surface area contributed by atoms with E-state index in [1.807, 2.05) is 30.3 Å². The first-order valence-electron chi connectivity index (χ1n) is 3.75. The second-order valence-electron chi connectivity index (χ2n) is 2.47. The quantitative estimate of drug-likeness (QED) is 0.612. The molecule has 0 radical (unpaired) electrons. The van der Waals surface area contributed by atoms with Crippen LogP contribution in [0.5, 0.6) is 0 Å². The lowest BCUT2D eigenvalue weighted by atomic mass is 10.3. The van der Waals surface area contributed by atoms with Gasteiger partial charge >= 0.3 is 5.82 Å². The molecule has 4 heteroatoms. The lowest BCUT2D eigenvalue weighted by Gasteiger charge is -1.95. The molecule has 13 heavy (non-hydrogen) atoms. The van der Waals surface area contributed by atoms with Crippen LogP contribution in [0.2, 0.25) is 0 Å². The van der Waals surface area contributed by atoms with Crippen molar-refractivity contribution in [3.63, 3.8) is 0 Å². The summed E-state index contributed by atoms with van der Waals surface area (Å²) in [5.41, 5.74) is 0.907. The van der Waals surface area contributed by atoms with E-state index in [1.54, 1.807) is 10.9 Å². The van der Waals surface area contributed by atoms with Crippen molar-refractivity contribution >= 4 is 5.82 Å². The maximum absolute atomic E-state index is 6.73. The lowest BCUT2D eigenvalue weighted by molar-refractivity contribution is 0.804. The molecule has 2 rings (SSSR count). The van der Waals surface area contributed by atoms with E-state index in [-0.39, 0.29) is 0 Å². The topological polar surface area (TPSA) is 35.1 Å². The molecule has 4 nitrogen and oxygen atoms in total. The zero-order chi connectivity index (χ0) is 9.10. The summed E-state index contributed by atoms with van der Waals surface area (Å²) in [5, 5.41) is 7.48. The van der Waals surface area contributed by atoms with E-state index in [9.17, 15) is 0 Å². The zero-order valence-corrected chi connectivity index (χ0v) is 6.75. The minimum Gasteiger partial charge on any atom is -0.358 e. The molecule has 0 saturated carbocycles. The Hall–Kier alpha value is -2.15. The molecule has 1 aromatic heterocycles. The highest BCUT2D eigenvalue weighted by atomic mass is 15.4. The van der Waals surface area contributed by atoms with Gasteiger partial charge < -0.3 is 4.85 Å². The number of nitrogens with zero attached hydrogens (tertiary/aromatic N) is 4. The third kappa shape index (κ3) is 1.40. The van der Waals surface area contributed by atoms with Crippen LogP contribution >= 0.6 is 0 Å². The monoisotopic (exact) mass is 170 g/mol. The van der Waals surface area contributed by atoms with E-state index in [2.05, 4.69) is 15.2 Å². The van der Waals surface area contributed by atoms with Crippen molar-refractivity contribution in [2.45, 2.75) is 0 Å². The van der Waals surface area contributed by atoms with Gasteiger partial charge in [-0.1, -0.05) is 24.8 Å². The van der Waals surface area contributed by atoms with Crippen molar-refractivity contribution in [2.24, 2.45) is 0 Å². The maximum Gasteiger partial charge on any atom is 0.316 e. The van der Waals surface area contributed by atoms with E-state index < -0.39 is 0 Å². The first-order chi connectivity index (χ1) is 6.40. The van der Waals surface area contributed by atoms with Crippen molar-refractivity contribution in [2.75, 3.05) is 0 Å². The summed E-state index contributed by atoms with van der Waals surface area (Å²) in [6.07, 6.45) is 1.60. The van der Waals surface area contributed by atoms with E-state index in [1.165, 1.54) is 0 Å². The highest BCUT2D eigenvalue weighted by Gasteiger charge is 2.01. The number of benzene rings is 1. The second kappa shape index (κ2) is 3.07. The highest BCUT2D eigenvalue weighted by Crippen LogP contribution is 2.09. The predicted molar refractivity (Wildman–Crippen MR) is 47.6 cm³/mol. The molecule has 0 N–H and O–H groups in total. The Morgan fingerprint density at radius 3 is 2.62 bits per heavy atom.